The quantitative estimate of drug-likeness (QED) is 0.820. The third-order valence-electron chi connectivity index (χ3n) is 1.88. The van der Waals surface area contributed by atoms with Crippen LogP contribution in [0.4, 0.5) is 5.95 Å². The number of carbonyl (C=O) groups is 1. The summed E-state index contributed by atoms with van der Waals surface area (Å²) in [6, 6.07) is 1.68. The van der Waals surface area contributed by atoms with Gasteiger partial charge in [-0.05, 0) is 13.8 Å². The van der Waals surface area contributed by atoms with Gasteiger partial charge in [0.2, 0.25) is 17.7 Å². The summed E-state index contributed by atoms with van der Waals surface area (Å²) in [6.07, 6.45) is 1.65. The standard InChI is InChI=1S/C11H18N4O2/c1-8(2)17-9-5-6-12-11(14-9)13-7-10(16)15(3)4/h5-6,8H,7H2,1-4H3,(H,12,13,14). The first kappa shape index (κ1) is 13.2. The molecule has 1 amide bonds. The molecule has 0 aliphatic carbocycles. The molecule has 0 aliphatic rings. The van der Waals surface area contributed by atoms with E-state index in [2.05, 4.69) is 15.3 Å². The minimum atomic E-state index is -0.0382. The van der Waals surface area contributed by atoms with Crippen LogP contribution in [-0.4, -0.2) is 47.5 Å². The molecule has 0 unspecified atom stereocenters. The minimum absolute atomic E-state index is 0.0382. The van der Waals surface area contributed by atoms with Gasteiger partial charge < -0.3 is 15.0 Å². The number of anilines is 1. The van der Waals surface area contributed by atoms with Gasteiger partial charge in [-0.2, -0.15) is 4.98 Å². The van der Waals surface area contributed by atoms with Crippen molar-refractivity contribution in [2.24, 2.45) is 0 Å². The van der Waals surface area contributed by atoms with Crippen LogP contribution in [0, 0.1) is 0 Å². The van der Waals surface area contributed by atoms with E-state index in [1.54, 1.807) is 26.4 Å². The van der Waals surface area contributed by atoms with E-state index in [1.807, 2.05) is 13.8 Å². The predicted octanol–water partition coefficient (Wildman–Crippen LogP) is 0.764. The number of nitrogens with one attached hydrogen (secondary N) is 1. The highest BCUT2D eigenvalue weighted by molar-refractivity contribution is 5.79. The number of rotatable bonds is 5. The van der Waals surface area contributed by atoms with Gasteiger partial charge in [0.05, 0.1) is 12.6 Å². The average molecular weight is 238 g/mol. The summed E-state index contributed by atoms with van der Waals surface area (Å²) >= 11 is 0. The van der Waals surface area contributed by atoms with E-state index in [1.165, 1.54) is 4.90 Å². The van der Waals surface area contributed by atoms with Crippen molar-refractivity contribution >= 4 is 11.9 Å². The number of carbonyl (C=O) groups excluding carboxylic acids is 1. The molecule has 1 heterocycles. The van der Waals surface area contributed by atoms with Gasteiger partial charge in [0.1, 0.15) is 0 Å². The zero-order valence-electron chi connectivity index (χ0n) is 10.6. The molecule has 1 N–H and O–H groups in total. The van der Waals surface area contributed by atoms with Crippen molar-refractivity contribution in [3.05, 3.63) is 12.3 Å². The van der Waals surface area contributed by atoms with Crippen molar-refractivity contribution in [3.63, 3.8) is 0 Å². The largest absolute Gasteiger partial charge is 0.475 e. The summed E-state index contributed by atoms with van der Waals surface area (Å²) in [6.45, 7) is 4.01. The van der Waals surface area contributed by atoms with E-state index < -0.39 is 0 Å². The Balaban J connectivity index is 2.57. The monoisotopic (exact) mass is 238 g/mol. The van der Waals surface area contributed by atoms with Crippen molar-refractivity contribution in [1.29, 1.82) is 0 Å². The molecule has 0 spiro atoms. The first-order chi connectivity index (χ1) is 7.99. The Hall–Kier alpha value is -1.85. The van der Waals surface area contributed by atoms with E-state index in [0.29, 0.717) is 11.8 Å². The fourth-order valence-electron chi connectivity index (χ4n) is 1.05. The first-order valence-corrected chi connectivity index (χ1v) is 5.42. The predicted molar refractivity (Wildman–Crippen MR) is 65.0 cm³/mol. The molecule has 1 aromatic rings. The Bertz CT molecular complexity index is 379. The molecule has 6 nitrogen and oxygen atoms in total. The summed E-state index contributed by atoms with van der Waals surface area (Å²) in [5.41, 5.74) is 0. The second-order valence-corrected chi connectivity index (χ2v) is 4.03. The van der Waals surface area contributed by atoms with Gasteiger partial charge in [-0.3, -0.25) is 4.79 Å². The zero-order valence-corrected chi connectivity index (χ0v) is 10.6. The topological polar surface area (TPSA) is 67.3 Å². The lowest BCUT2D eigenvalue weighted by molar-refractivity contribution is -0.126. The van der Waals surface area contributed by atoms with Crippen LogP contribution in [-0.2, 0) is 4.79 Å². The van der Waals surface area contributed by atoms with Crippen molar-refractivity contribution in [1.82, 2.24) is 14.9 Å². The highest BCUT2D eigenvalue weighted by Gasteiger charge is 2.06. The van der Waals surface area contributed by atoms with Crippen LogP contribution < -0.4 is 10.1 Å². The maximum Gasteiger partial charge on any atom is 0.241 e. The molecule has 0 radical (unpaired) electrons. The summed E-state index contributed by atoms with van der Waals surface area (Å²) in [4.78, 5) is 21.0. The fraction of sp³-hybridized carbons (Fsp3) is 0.545. The number of hydrogen-bond donors (Lipinski definition) is 1. The highest BCUT2D eigenvalue weighted by atomic mass is 16.5. The Kier molecular flexibility index (Phi) is 4.68. The lowest BCUT2D eigenvalue weighted by Crippen LogP contribution is -2.29. The molecule has 6 heteroatoms. The zero-order chi connectivity index (χ0) is 12.8. The second-order valence-electron chi connectivity index (χ2n) is 4.03. The lowest BCUT2D eigenvalue weighted by atomic mass is 10.5. The highest BCUT2D eigenvalue weighted by Crippen LogP contribution is 2.09. The Morgan fingerprint density at radius 2 is 2.24 bits per heavy atom. The summed E-state index contributed by atoms with van der Waals surface area (Å²) in [5, 5.41) is 2.85. The molecule has 0 aromatic carbocycles. The van der Waals surface area contributed by atoms with Crippen molar-refractivity contribution < 1.29 is 9.53 Å². The SMILES string of the molecule is CC(C)Oc1ccnc(NCC(=O)N(C)C)n1. The summed E-state index contributed by atoms with van der Waals surface area (Å²) < 4.78 is 5.42. The second kappa shape index (κ2) is 6.03. The first-order valence-electron chi connectivity index (χ1n) is 5.42. The van der Waals surface area contributed by atoms with Gasteiger partial charge in [-0.1, -0.05) is 0 Å². The third kappa shape index (κ3) is 4.67. The molecule has 94 valence electrons. The Labute approximate surface area is 101 Å². The molecule has 0 fully saturated rings. The summed E-state index contributed by atoms with van der Waals surface area (Å²) in [7, 11) is 3.40. The van der Waals surface area contributed by atoms with Gasteiger partial charge in [-0.25, -0.2) is 4.98 Å². The molecule has 0 bridgehead atoms. The molecule has 0 atom stereocenters. The minimum Gasteiger partial charge on any atom is -0.475 e. The number of aromatic nitrogens is 2. The third-order valence-corrected chi connectivity index (χ3v) is 1.88. The van der Waals surface area contributed by atoms with Crippen LogP contribution >= 0.6 is 0 Å². The van der Waals surface area contributed by atoms with Gasteiger partial charge in [0, 0.05) is 26.4 Å². The maximum absolute atomic E-state index is 11.4. The molecule has 17 heavy (non-hydrogen) atoms. The number of nitrogens with zero attached hydrogens (tertiary/aromatic N) is 3. The maximum atomic E-state index is 11.4. The van der Waals surface area contributed by atoms with Gasteiger partial charge in [0.25, 0.3) is 0 Å². The van der Waals surface area contributed by atoms with Crippen LogP contribution in [0.25, 0.3) is 0 Å². The van der Waals surface area contributed by atoms with Gasteiger partial charge in [-0.15, -0.1) is 0 Å². The normalized spacial score (nSPS) is 10.2. The van der Waals surface area contributed by atoms with Crippen LogP contribution in [0.3, 0.4) is 0 Å². The van der Waals surface area contributed by atoms with Crippen LogP contribution in [0.15, 0.2) is 12.3 Å². The lowest BCUT2D eigenvalue weighted by Gasteiger charge is -2.12. The fourth-order valence-corrected chi connectivity index (χ4v) is 1.05. The molecular formula is C11H18N4O2. The van der Waals surface area contributed by atoms with Gasteiger partial charge >= 0.3 is 0 Å². The Morgan fingerprint density at radius 1 is 1.53 bits per heavy atom. The van der Waals surface area contributed by atoms with E-state index in [4.69, 9.17) is 4.74 Å². The average Bonchev–Trinajstić information content (AvgIpc) is 2.25. The summed E-state index contributed by atoms with van der Waals surface area (Å²) in [5.74, 6) is 0.844. The molecule has 0 aliphatic heterocycles. The Morgan fingerprint density at radius 3 is 2.82 bits per heavy atom. The van der Waals surface area contributed by atoms with E-state index in [9.17, 15) is 4.79 Å². The van der Waals surface area contributed by atoms with E-state index >= 15 is 0 Å². The van der Waals surface area contributed by atoms with Crippen LogP contribution in [0.2, 0.25) is 0 Å². The molecule has 1 aromatic heterocycles. The number of hydrogen-bond acceptors (Lipinski definition) is 5. The van der Waals surface area contributed by atoms with E-state index in [0.717, 1.165) is 0 Å². The van der Waals surface area contributed by atoms with E-state index in [-0.39, 0.29) is 18.6 Å². The number of ether oxygens (including phenoxy) is 1. The van der Waals surface area contributed by atoms with Gasteiger partial charge in [0.15, 0.2) is 0 Å². The van der Waals surface area contributed by atoms with Crippen molar-refractivity contribution in [2.45, 2.75) is 20.0 Å². The molecule has 0 saturated heterocycles. The van der Waals surface area contributed by atoms with Crippen LogP contribution in [0.5, 0.6) is 5.88 Å². The molecule has 1 rings (SSSR count). The molecule has 0 saturated carbocycles. The number of likely N-dealkylation sites (N-methyl/N-ethyl adjacent to an activating group) is 1. The smallest absolute Gasteiger partial charge is 0.241 e. The van der Waals surface area contributed by atoms with Crippen molar-refractivity contribution in [2.75, 3.05) is 26.0 Å². The molecular weight excluding hydrogens is 220 g/mol. The van der Waals surface area contributed by atoms with Crippen LogP contribution in [0.1, 0.15) is 13.8 Å². The van der Waals surface area contributed by atoms with Crippen molar-refractivity contribution in [3.8, 4) is 5.88 Å². The number of amides is 1.